The van der Waals surface area contributed by atoms with Crippen LogP contribution in [-0.4, -0.2) is 46.9 Å². The predicted octanol–water partition coefficient (Wildman–Crippen LogP) is 5.14. The molecule has 3 aliphatic rings. The molecule has 1 N–H and O–H groups in total. The van der Waals surface area contributed by atoms with Crippen LogP contribution in [0.4, 0.5) is 8.78 Å². The van der Waals surface area contributed by atoms with Crippen molar-refractivity contribution in [3.8, 4) is 16.2 Å². The van der Waals surface area contributed by atoms with Crippen LogP contribution in [0.2, 0.25) is 0 Å². The summed E-state index contributed by atoms with van der Waals surface area (Å²) in [6, 6.07) is 9.08. The molecule has 3 heterocycles. The summed E-state index contributed by atoms with van der Waals surface area (Å²) in [4.78, 5) is 34.1. The second-order valence-corrected chi connectivity index (χ2v) is 11.2. The van der Waals surface area contributed by atoms with Crippen LogP contribution in [0, 0.1) is 24.5 Å². The SMILES string of the molecule is Cc1nc(C(=O)N2[C@H](CNC(=O)c3cccc4c3CCO4)C[C@@H]3CCC[C@@H]32)c(-c2ccc(F)c(F)c2)s1. The third kappa shape index (κ3) is 4.29. The Bertz CT molecular complexity index is 1390. The van der Waals surface area contributed by atoms with E-state index in [0.717, 1.165) is 49.1 Å². The Hall–Kier alpha value is -3.33. The maximum Gasteiger partial charge on any atom is 0.274 e. The lowest BCUT2D eigenvalue weighted by Crippen LogP contribution is -2.46. The van der Waals surface area contributed by atoms with Gasteiger partial charge in [-0.3, -0.25) is 9.59 Å². The molecule has 0 bridgehead atoms. The molecule has 2 amide bonds. The number of fused-ring (bicyclic) bond motifs is 2. The van der Waals surface area contributed by atoms with E-state index in [0.29, 0.717) is 46.5 Å². The van der Waals surface area contributed by atoms with Gasteiger partial charge in [0.25, 0.3) is 11.8 Å². The van der Waals surface area contributed by atoms with Gasteiger partial charge >= 0.3 is 0 Å². The first-order valence-corrected chi connectivity index (χ1v) is 13.5. The Morgan fingerprint density at radius 1 is 1.19 bits per heavy atom. The van der Waals surface area contributed by atoms with Crippen molar-refractivity contribution in [2.75, 3.05) is 13.2 Å². The summed E-state index contributed by atoms with van der Waals surface area (Å²) in [6.45, 7) is 2.71. The van der Waals surface area contributed by atoms with Crippen molar-refractivity contribution in [3.63, 3.8) is 0 Å². The highest BCUT2D eigenvalue weighted by atomic mass is 32.1. The summed E-state index contributed by atoms with van der Waals surface area (Å²) >= 11 is 1.29. The number of carbonyl (C=O) groups excluding carboxylic acids is 2. The van der Waals surface area contributed by atoms with Gasteiger partial charge in [0, 0.05) is 30.1 Å². The van der Waals surface area contributed by atoms with E-state index in [2.05, 4.69) is 10.3 Å². The zero-order valence-corrected chi connectivity index (χ0v) is 21.2. The van der Waals surface area contributed by atoms with E-state index in [1.807, 2.05) is 17.0 Å². The summed E-state index contributed by atoms with van der Waals surface area (Å²) in [6.07, 6.45) is 4.53. The Labute approximate surface area is 217 Å². The standard InChI is InChI=1S/C28H27F2N3O3S/c1-15-32-25(26(37-15)17-8-9-21(29)22(30)13-17)28(35)33-18(12-16-4-2-6-23(16)33)14-31-27(34)20-5-3-7-24-19(20)10-11-36-24/h3,5,7-9,13,16,18,23H,2,4,6,10-12,14H2,1H3,(H,31,34)/t16-,18-,23-/m0/s1. The van der Waals surface area contributed by atoms with Crippen molar-refractivity contribution in [3.05, 3.63) is 69.9 Å². The Balaban J connectivity index is 1.26. The first-order chi connectivity index (χ1) is 17.9. The normalized spacial score (nSPS) is 22.0. The summed E-state index contributed by atoms with van der Waals surface area (Å²) < 4.78 is 33.2. The third-order valence-electron chi connectivity index (χ3n) is 7.78. The van der Waals surface area contributed by atoms with Crippen LogP contribution in [-0.2, 0) is 6.42 Å². The molecule has 1 aromatic heterocycles. The van der Waals surface area contributed by atoms with E-state index >= 15 is 0 Å². The van der Waals surface area contributed by atoms with Gasteiger partial charge in [-0.25, -0.2) is 13.8 Å². The molecule has 6 rings (SSSR count). The van der Waals surface area contributed by atoms with Gasteiger partial charge in [-0.05, 0) is 61.9 Å². The largest absolute Gasteiger partial charge is 0.493 e. The van der Waals surface area contributed by atoms with Crippen LogP contribution < -0.4 is 10.1 Å². The van der Waals surface area contributed by atoms with Crippen molar-refractivity contribution in [1.82, 2.24) is 15.2 Å². The van der Waals surface area contributed by atoms with Gasteiger partial charge < -0.3 is 15.0 Å². The molecule has 2 aromatic carbocycles. The molecular weight excluding hydrogens is 496 g/mol. The Morgan fingerprint density at radius 3 is 2.89 bits per heavy atom. The van der Waals surface area contributed by atoms with E-state index in [9.17, 15) is 18.4 Å². The molecular formula is C28H27F2N3O3S. The average Bonchev–Trinajstić information content (AvgIpc) is 3.67. The average molecular weight is 524 g/mol. The van der Waals surface area contributed by atoms with Gasteiger partial charge in [-0.15, -0.1) is 11.3 Å². The molecule has 1 aliphatic carbocycles. The number of thiazole rings is 1. The van der Waals surface area contributed by atoms with Gasteiger partial charge in [0.05, 0.1) is 22.5 Å². The molecule has 2 fully saturated rings. The fourth-order valence-electron chi connectivity index (χ4n) is 6.16. The van der Waals surface area contributed by atoms with Crippen molar-refractivity contribution < 1.29 is 23.1 Å². The zero-order chi connectivity index (χ0) is 25.7. The van der Waals surface area contributed by atoms with Crippen LogP contribution in [0.15, 0.2) is 36.4 Å². The number of nitrogens with one attached hydrogen (secondary N) is 1. The highest BCUT2D eigenvalue weighted by molar-refractivity contribution is 7.15. The number of halogens is 2. The second-order valence-electron chi connectivity index (χ2n) is 9.99. The van der Waals surface area contributed by atoms with Gasteiger partial charge in [0.2, 0.25) is 0 Å². The van der Waals surface area contributed by atoms with Crippen molar-refractivity contribution in [2.24, 2.45) is 5.92 Å². The predicted molar refractivity (Wildman–Crippen MR) is 136 cm³/mol. The number of aromatic nitrogens is 1. The molecule has 9 heteroatoms. The van der Waals surface area contributed by atoms with Crippen molar-refractivity contribution in [1.29, 1.82) is 0 Å². The monoisotopic (exact) mass is 523 g/mol. The highest BCUT2D eigenvalue weighted by Gasteiger charge is 2.47. The number of hydrogen-bond donors (Lipinski definition) is 1. The molecule has 1 saturated heterocycles. The van der Waals surface area contributed by atoms with Gasteiger partial charge in [0.1, 0.15) is 11.4 Å². The smallest absolute Gasteiger partial charge is 0.274 e. The number of likely N-dealkylation sites (tertiary alicyclic amines) is 1. The van der Waals surface area contributed by atoms with Crippen LogP contribution in [0.1, 0.15) is 57.1 Å². The molecule has 0 unspecified atom stereocenters. The van der Waals surface area contributed by atoms with E-state index in [1.165, 1.54) is 17.4 Å². The maximum atomic E-state index is 14.0. The van der Waals surface area contributed by atoms with Gasteiger partial charge in [0.15, 0.2) is 11.6 Å². The molecule has 3 aromatic rings. The number of carbonyl (C=O) groups is 2. The molecule has 1 saturated carbocycles. The number of benzene rings is 2. The lowest BCUT2D eigenvalue weighted by atomic mass is 10.0. The van der Waals surface area contributed by atoms with E-state index in [-0.39, 0.29) is 29.6 Å². The second kappa shape index (κ2) is 9.52. The lowest BCUT2D eigenvalue weighted by Gasteiger charge is -2.30. The van der Waals surface area contributed by atoms with Gasteiger partial charge in [-0.1, -0.05) is 18.6 Å². The molecule has 0 radical (unpaired) electrons. The topological polar surface area (TPSA) is 71.5 Å². The minimum absolute atomic E-state index is 0.0867. The number of aryl methyl sites for hydroxylation is 1. The molecule has 37 heavy (non-hydrogen) atoms. The number of ether oxygens (including phenoxy) is 1. The van der Waals surface area contributed by atoms with E-state index < -0.39 is 11.6 Å². The van der Waals surface area contributed by atoms with E-state index in [4.69, 9.17) is 4.74 Å². The summed E-state index contributed by atoms with van der Waals surface area (Å²) in [7, 11) is 0. The zero-order valence-electron chi connectivity index (χ0n) is 20.4. The first kappa shape index (κ1) is 24.0. The Morgan fingerprint density at radius 2 is 2.05 bits per heavy atom. The summed E-state index contributed by atoms with van der Waals surface area (Å²) in [5.41, 5.74) is 2.22. The number of amides is 2. The molecule has 6 nitrogen and oxygen atoms in total. The van der Waals surface area contributed by atoms with Crippen LogP contribution in [0.5, 0.6) is 5.75 Å². The Kier molecular flexibility index (Phi) is 6.18. The van der Waals surface area contributed by atoms with Crippen LogP contribution in [0.3, 0.4) is 0 Å². The van der Waals surface area contributed by atoms with Crippen LogP contribution in [0.25, 0.3) is 10.4 Å². The number of rotatable bonds is 5. The number of nitrogens with zero attached hydrogens (tertiary/aromatic N) is 2. The number of hydrogen-bond acceptors (Lipinski definition) is 5. The maximum absolute atomic E-state index is 14.0. The van der Waals surface area contributed by atoms with E-state index in [1.54, 1.807) is 13.0 Å². The fourth-order valence-corrected chi connectivity index (χ4v) is 7.06. The molecule has 3 atom stereocenters. The van der Waals surface area contributed by atoms with Crippen molar-refractivity contribution >= 4 is 23.2 Å². The minimum Gasteiger partial charge on any atom is -0.493 e. The van der Waals surface area contributed by atoms with Crippen LogP contribution >= 0.6 is 11.3 Å². The first-order valence-electron chi connectivity index (χ1n) is 12.7. The fraction of sp³-hybridized carbons (Fsp3) is 0.393. The summed E-state index contributed by atoms with van der Waals surface area (Å²) in [5, 5.41) is 3.74. The minimum atomic E-state index is -0.961. The summed E-state index contributed by atoms with van der Waals surface area (Å²) in [5.74, 6) is -1.14. The molecule has 2 aliphatic heterocycles. The van der Waals surface area contributed by atoms with Crippen molar-refractivity contribution in [2.45, 2.75) is 51.1 Å². The highest BCUT2D eigenvalue weighted by Crippen LogP contribution is 2.43. The third-order valence-corrected chi connectivity index (χ3v) is 8.80. The van der Waals surface area contributed by atoms with Gasteiger partial charge in [-0.2, -0.15) is 0 Å². The lowest BCUT2D eigenvalue weighted by molar-refractivity contribution is 0.0645. The quantitative estimate of drug-likeness (QED) is 0.503. The molecule has 192 valence electrons. The molecule has 0 spiro atoms.